The Morgan fingerprint density at radius 3 is 2.46 bits per heavy atom. The van der Waals surface area contributed by atoms with Crippen molar-refractivity contribution in [1.29, 1.82) is 0 Å². The molecule has 2 aromatic carbocycles. The van der Waals surface area contributed by atoms with Crippen molar-refractivity contribution in [1.82, 2.24) is 5.16 Å². The second-order valence-corrected chi connectivity index (χ2v) is 6.14. The third kappa shape index (κ3) is 3.95. The number of rotatable bonds is 7. The van der Waals surface area contributed by atoms with Crippen LogP contribution >= 0.6 is 0 Å². The van der Waals surface area contributed by atoms with E-state index in [1.807, 2.05) is 62.4 Å². The van der Waals surface area contributed by atoms with Crippen molar-refractivity contribution in [2.45, 2.75) is 20.0 Å². The molecule has 0 radical (unpaired) electrons. The summed E-state index contributed by atoms with van der Waals surface area (Å²) in [6, 6.07) is 15.3. The third-order valence-electron chi connectivity index (χ3n) is 4.24. The van der Waals surface area contributed by atoms with Crippen LogP contribution in [0.2, 0.25) is 0 Å². The zero-order chi connectivity index (χ0) is 18.5. The molecule has 0 aliphatic heterocycles. The average molecular weight is 353 g/mol. The Morgan fingerprint density at radius 1 is 1.04 bits per heavy atom. The molecule has 1 aromatic heterocycles. The maximum Gasteiger partial charge on any atom is 0.141 e. The fourth-order valence-corrected chi connectivity index (χ4v) is 2.97. The predicted molar refractivity (Wildman–Crippen MR) is 99.3 cm³/mol. The van der Waals surface area contributed by atoms with Crippen molar-refractivity contribution in [3.63, 3.8) is 0 Å². The fourth-order valence-electron chi connectivity index (χ4n) is 2.97. The predicted octanol–water partition coefficient (Wildman–Crippen LogP) is 4.07. The Balaban J connectivity index is 2.03. The van der Waals surface area contributed by atoms with E-state index in [-0.39, 0.29) is 0 Å². The molecule has 1 unspecified atom stereocenters. The second kappa shape index (κ2) is 8.17. The van der Waals surface area contributed by atoms with Gasteiger partial charge >= 0.3 is 0 Å². The first-order valence-corrected chi connectivity index (χ1v) is 8.53. The van der Waals surface area contributed by atoms with Crippen LogP contribution in [0.25, 0.3) is 11.1 Å². The Hall–Kier alpha value is -2.63. The van der Waals surface area contributed by atoms with Crippen LogP contribution in [0.1, 0.15) is 28.7 Å². The maximum absolute atomic E-state index is 10.8. The van der Waals surface area contributed by atoms with E-state index in [1.165, 1.54) is 0 Å². The highest BCUT2D eigenvalue weighted by molar-refractivity contribution is 5.70. The Labute approximate surface area is 153 Å². The lowest BCUT2D eigenvalue weighted by Gasteiger charge is -2.16. The summed E-state index contributed by atoms with van der Waals surface area (Å²) in [7, 11) is 1.63. The van der Waals surface area contributed by atoms with Gasteiger partial charge in [-0.25, -0.2) is 0 Å². The topological polar surface area (TPSA) is 64.7 Å². The minimum Gasteiger partial charge on any atom is -0.491 e. The number of aryl methyl sites for hydroxylation is 2. The molecule has 1 atom stereocenters. The van der Waals surface area contributed by atoms with Crippen LogP contribution in [0, 0.1) is 13.8 Å². The van der Waals surface area contributed by atoms with Gasteiger partial charge in [-0.1, -0.05) is 35.5 Å². The number of methoxy groups -OCH3 is 1. The lowest BCUT2D eigenvalue weighted by atomic mass is 9.96. The normalized spacial score (nSPS) is 12.2. The van der Waals surface area contributed by atoms with Crippen molar-refractivity contribution < 1.29 is 19.1 Å². The van der Waals surface area contributed by atoms with Gasteiger partial charge in [0, 0.05) is 12.7 Å². The van der Waals surface area contributed by atoms with Crippen molar-refractivity contribution >= 4 is 0 Å². The summed E-state index contributed by atoms with van der Waals surface area (Å²) < 4.78 is 16.2. The standard InChI is InChI=1S/C21H23NO4/c1-14-20(15(2)26-22-14)17-11-18(13-19(12-17)25-10-9-24-3)21(23)16-7-5-4-6-8-16/h4-8,11-13,21,23H,9-10H2,1-3H3. The Morgan fingerprint density at radius 2 is 1.81 bits per heavy atom. The zero-order valence-corrected chi connectivity index (χ0v) is 15.2. The summed E-state index contributed by atoms with van der Waals surface area (Å²) in [5, 5.41) is 14.9. The highest BCUT2D eigenvalue weighted by Gasteiger charge is 2.17. The first-order chi connectivity index (χ1) is 12.6. The third-order valence-corrected chi connectivity index (χ3v) is 4.24. The SMILES string of the molecule is COCCOc1cc(-c2c(C)noc2C)cc(C(O)c2ccccc2)c1. The molecule has 3 rings (SSSR count). The molecule has 26 heavy (non-hydrogen) atoms. The van der Waals surface area contributed by atoms with Gasteiger partial charge in [0.25, 0.3) is 0 Å². The molecular formula is C21H23NO4. The van der Waals surface area contributed by atoms with Gasteiger partial charge in [0.2, 0.25) is 0 Å². The molecule has 5 nitrogen and oxygen atoms in total. The van der Waals surface area contributed by atoms with E-state index < -0.39 is 6.10 Å². The van der Waals surface area contributed by atoms with Crippen LogP contribution in [0.4, 0.5) is 0 Å². The highest BCUT2D eigenvalue weighted by Crippen LogP contribution is 2.34. The van der Waals surface area contributed by atoms with E-state index in [2.05, 4.69) is 5.16 Å². The number of aliphatic hydroxyl groups is 1. The van der Waals surface area contributed by atoms with Crippen LogP contribution in [0.5, 0.6) is 5.75 Å². The lowest BCUT2D eigenvalue weighted by molar-refractivity contribution is 0.146. The van der Waals surface area contributed by atoms with E-state index in [9.17, 15) is 5.11 Å². The van der Waals surface area contributed by atoms with Crippen LogP contribution in [-0.4, -0.2) is 30.6 Å². The molecule has 0 fully saturated rings. The largest absolute Gasteiger partial charge is 0.491 e. The molecule has 0 bridgehead atoms. The summed E-state index contributed by atoms with van der Waals surface area (Å²) in [6.07, 6.45) is -0.749. The van der Waals surface area contributed by atoms with Gasteiger partial charge in [0.05, 0.1) is 12.3 Å². The van der Waals surface area contributed by atoms with Gasteiger partial charge in [-0.15, -0.1) is 0 Å². The van der Waals surface area contributed by atoms with Gasteiger partial charge < -0.3 is 19.1 Å². The monoisotopic (exact) mass is 353 g/mol. The van der Waals surface area contributed by atoms with E-state index in [0.29, 0.717) is 19.0 Å². The summed E-state index contributed by atoms with van der Waals surface area (Å²) in [5.74, 6) is 1.40. The fraction of sp³-hybridized carbons (Fsp3) is 0.286. The number of aliphatic hydroxyl groups excluding tert-OH is 1. The van der Waals surface area contributed by atoms with Crippen LogP contribution < -0.4 is 4.74 Å². The first-order valence-electron chi connectivity index (χ1n) is 8.53. The van der Waals surface area contributed by atoms with E-state index in [4.69, 9.17) is 14.0 Å². The molecule has 0 saturated heterocycles. The van der Waals surface area contributed by atoms with Crippen LogP contribution in [-0.2, 0) is 4.74 Å². The molecule has 5 heteroatoms. The summed E-state index contributed by atoms with van der Waals surface area (Å²) in [5.41, 5.74) is 4.20. The van der Waals surface area contributed by atoms with Crippen molar-refractivity contribution in [3.05, 3.63) is 71.1 Å². The molecule has 3 aromatic rings. The maximum atomic E-state index is 10.8. The smallest absolute Gasteiger partial charge is 0.141 e. The zero-order valence-electron chi connectivity index (χ0n) is 15.2. The Kier molecular flexibility index (Phi) is 5.71. The second-order valence-electron chi connectivity index (χ2n) is 6.14. The van der Waals surface area contributed by atoms with Crippen molar-refractivity contribution in [2.24, 2.45) is 0 Å². The van der Waals surface area contributed by atoms with Gasteiger partial charge in [-0.05, 0) is 48.7 Å². The van der Waals surface area contributed by atoms with Crippen LogP contribution in [0.3, 0.4) is 0 Å². The summed E-state index contributed by atoms with van der Waals surface area (Å²) in [4.78, 5) is 0. The molecular weight excluding hydrogens is 330 g/mol. The quantitative estimate of drug-likeness (QED) is 0.649. The minimum absolute atomic E-state index is 0.433. The van der Waals surface area contributed by atoms with Crippen LogP contribution in [0.15, 0.2) is 53.1 Å². The molecule has 1 N–H and O–H groups in total. The van der Waals surface area contributed by atoms with E-state index >= 15 is 0 Å². The molecule has 0 aliphatic carbocycles. The van der Waals surface area contributed by atoms with Gasteiger partial charge in [0.1, 0.15) is 24.2 Å². The van der Waals surface area contributed by atoms with Crippen molar-refractivity contribution in [2.75, 3.05) is 20.3 Å². The molecule has 0 saturated carbocycles. The number of ether oxygens (including phenoxy) is 2. The molecule has 0 amide bonds. The number of hydrogen-bond donors (Lipinski definition) is 1. The summed E-state index contributed by atoms with van der Waals surface area (Å²) >= 11 is 0. The minimum atomic E-state index is -0.749. The van der Waals surface area contributed by atoms with Gasteiger partial charge in [0.15, 0.2) is 0 Å². The molecule has 0 aliphatic rings. The lowest BCUT2D eigenvalue weighted by Crippen LogP contribution is -2.06. The van der Waals surface area contributed by atoms with E-state index in [1.54, 1.807) is 7.11 Å². The van der Waals surface area contributed by atoms with Gasteiger partial charge in [-0.2, -0.15) is 0 Å². The van der Waals surface area contributed by atoms with Gasteiger partial charge in [-0.3, -0.25) is 0 Å². The number of nitrogens with zero attached hydrogens (tertiary/aromatic N) is 1. The Bertz CT molecular complexity index is 838. The highest BCUT2D eigenvalue weighted by atomic mass is 16.5. The average Bonchev–Trinajstić information content (AvgIpc) is 3.00. The number of hydrogen-bond acceptors (Lipinski definition) is 5. The number of benzene rings is 2. The number of aromatic nitrogens is 1. The van der Waals surface area contributed by atoms with E-state index in [0.717, 1.165) is 33.7 Å². The van der Waals surface area contributed by atoms with Crippen molar-refractivity contribution in [3.8, 4) is 16.9 Å². The molecule has 1 heterocycles. The first kappa shape index (κ1) is 18.2. The summed E-state index contributed by atoms with van der Waals surface area (Å²) in [6.45, 7) is 4.70. The molecule has 136 valence electrons. The molecule has 0 spiro atoms.